The molecule has 0 bridgehead atoms. The van der Waals surface area contributed by atoms with Crippen molar-refractivity contribution in [1.29, 1.82) is 0 Å². The van der Waals surface area contributed by atoms with E-state index >= 15 is 0 Å². The third-order valence-corrected chi connectivity index (χ3v) is 1.84. The van der Waals surface area contributed by atoms with Crippen molar-refractivity contribution in [3.63, 3.8) is 0 Å². The molecule has 0 atom stereocenters. The number of rotatable bonds is 5. The summed E-state index contributed by atoms with van der Waals surface area (Å²) < 4.78 is 10.4. The van der Waals surface area contributed by atoms with Crippen molar-refractivity contribution in [3.8, 4) is 5.75 Å². The maximum Gasteiger partial charge on any atom is 0.373 e. The lowest BCUT2D eigenvalue weighted by Gasteiger charge is -2.08. The van der Waals surface area contributed by atoms with Gasteiger partial charge in [-0.3, -0.25) is 0 Å². The molecule has 1 rings (SSSR count). The van der Waals surface area contributed by atoms with Crippen LogP contribution in [-0.4, -0.2) is 12.6 Å². The van der Waals surface area contributed by atoms with Gasteiger partial charge in [-0.25, -0.2) is 4.79 Å². The number of allylic oxidation sites excluding steroid dienone is 1. The van der Waals surface area contributed by atoms with Gasteiger partial charge in [0.2, 0.25) is 5.76 Å². The van der Waals surface area contributed by atoms with Crippen molar-refractivity contribution in [2.75, 3.05) is 6.61 Å². The van der Waals surface area contributed by atoms with E-state index in [4.69, 9.17) is 9.47 Å². The molecule has 3 nitrogen and oxygen atoms in total. The van der Waals surface area contributed by atoms with Crippen molar-refractivity contribution in [3.05, 3.63) is 42.2 Å². The van der Waals surface area contributed by atoms with E-state index < -0.39 is 5.97 Å². The molecule has 0 unspecified atom stereocenters. The Kier molecular flexibility index (Phi) is 5.12. The van der Waals surface area contributed by atoms with E-state index in [1.54, 1.807) is 25.1 Å². The quantitative estimate of drug-likeness (QED) is 0.435. The summed E-state index contributed by atoms with van der Waals surface area (Å²) in [6.45, 7) is 4.05. The highest BCUT2D eigenvalue weighted by molar-refractivity contribution is 5.86. The normalized spacial score (nSPS) is 11.0. The average Bonchev–Trinajstić information content (AvgIpc) is 2.30. The number of carbonyl (C=O) groups excluding carboxylic acids is 1. The predicted molar refractivity (Wildman–Crippen MR) is 62.1 cm³/mol. The number of ether oxygens (including phenoxy) is 2. The van der Waals surface area contributed by atoms with Crippen LogP contribution in [0, 0.1) is 0 Å². The van der Waals surface area contributed by atoms with Crippen LogP contribution in [0.15, 0.2) is 42.2 Å². The molecule has 0 N–H and O–H groups in total. The molecule has 0 spiro atoms. The van der Waals surface area contributed by atoms with Crippen LogP contribution in [0.1, 0.15) is 20.3 Å². The van der Waals surface area contributed by atoms with Gasteiger partial charge in [0.05, 0.1) is 6.61 Å². The molecule has 1 aromatic rings. The molecule has 0 amide bonds. The number of hydrogen-bond acceptors (Lipinski definition) is 3. The summed E-state index contributed by atoms with van der Waals surface area (Å²) >= 11 is 0. The van der Waals surface area contributed by atoms with E-state index in [0.29, 0.717) is 12.4 Å². The van der Waals surface area contributed by atoms with Gasteiger partial charge in [0, 0.05) is 0 Å². The fraction of sp³-hybridized carbons (Fsp3) is 0.308. The molecule has 1 aromatic carbocycles. The van der Waals surface area contributed by atoms with Crippen LogP contribution in [0.2, 0.25) is 0 Å². The zero-order chi connectivity index (χ0) is 11.8. The third-order valence-electron chi connectivity index (χ3n) is 1.84. The minimum absolute atomic E-state index is 0.246. The molecule has 0 aromatic heterocycles. The molecule has 16 heavy (non-hydrogen) atoms. The maximum absolute atomic E-state index is 11.5. The molecule has 0 saturated heterocycles. The first-order valence-corrected chi connectivity index (χ1v) is 5.38. The Hall–Kier alpha value is -1.77. The van der Waals surface area contributed by atoms with E-state index in [0.717, 1.165) is 6.42 Å². The molecular weight excluding hydrogens is 204 g/mol. The third kappa shape index (κ3) is 3.77. The summed E-state index contributed by atoms with van der Waals surface area (Å²) in [6, 6.07) is 9.18. The molecule has 0 heterocycles. The molecule has 0 saturated carbocycles. The van der Waals surface area contributed by atoms with E-state index in [1.807, 2.05) is 25.1 Å². The van der Waals surface area contributed by atoms with Crippen molar-refractivity contribution in [2.24, 2.45) is 0 Å². The van der Waals surface area contributed by atoms with Gasteiger partial charge in [-0.2, -0.15) is 0 Å². The first-order chi connectivity index (χ1) is 7.77. The zero-order valence-electron chi connectivity index (χ0n) is 9.60. The lowest BCUT2D eigenvalue weighted by Crippen LogP contribution is -2.12. The van der Waals surface area contributed by atoms with Gasteiger partial charge in [0.1, 0.15) is 5.75 Å². The molecule has 3 heteroatoms. The second kappa shape index (κ2) is 6.67. The minimum atomic E-state index is -0.423. The molecule has 0 aliphatic carbocycles. The summed E-state index contributed by atoms with van der Waals surface area (Å²) in [6.07, 6.45) is 2.44. The fourth-order valence-electron chi connectivity index (χ4n) is 1.17. The predicted octanol–water partition coefficient (Wildman–Crippen LogP) is 2.92. The summed E-state index contributed by atoms with van der Waals surface area (Å²) in [5.74, 6) is 0.457. The van der Waals surface area contributed by atoms with Crippen molar-refractivity contribution >= 4 is 5.97 Å². The van der Waals surface area contributed by atoms with Crippen LogP contribution in [0.5, 0.6) is 5.75 Å². The Labute approximate surface area is 95.7 Å². The van der Waals surface area contributed by atoms with E-state index in [-0.39, 0.29) is 5.76 Å². The van der Waals surface area contributed by atoms with Crippen LogP contribution >= 0.6 is 0 Å². The summed E-state index contributed by atoms with van der Waals surface area (Å²) in [7, 11) is 0. The van der Waals surface area contributed by atoms with Crippen LogP contribution in [0.3, 0.4) is 0 Å². The SMILES string of the molecule is CC/C=C(\Oc1ccccc1)C(=O)OCC. The molecule has 0 fully saturated rings. The highest BCUT2D eigenvalue weighted by Crippen LogP contribution is 2.14. The Balaban J connectivity index is 2.73. The van der Waals surface area contributed by atoms with Gasteiger partial charge in [-0.15, -0.1) is 0 Å². The molecule has 0 radical (unpaired) electrons. The Morgan fingerprint density at radius 3 is 2.50 bits per heavy atom. The number of para-hydroxylation sites is 1. The zero-order valence-corrected chi connectivity index (χ0v) is 9.60. The van der Waals surface area contributed by atoms with Crippen LogP contribution in [-0.2, 0) is 9.53 Å². The first kappa shape index (κ1) is 12.3. The van der Waals surface area contributed by atoms with Gasteiger partial charge in [0.25, 0.3) is 0 Å². The number of carbonyl (C=O) groups is 1. The van der Waals surface area contributed by atoms with Gasteiger partial charge in [0.15, 0.2) is 0 Å². The fourth-order valence-corrected chi connectivity index (χ4v) is 1.17. The number of benzene rings is 1. The summed E-state index contributed by atoms with van der Waals surface area (Å²) in [4.78, 5) is 11.5. The van der Waals surface area contributed by atoms with Crippen LogP contribution in [0.4, 0.5) is 0 Å². The monoisotopic (exact) mass is 220 g/mol. The standard InChI is InChI=1S/C13H16O3/c1-3-8-12(13(14)15-4-2)16-11-9-6-5-7-10-11/h5-10H,3-4H2,1-2H3/b12-8-. The van der Waals surface area contributed by atoms with Crippen molar-refractivity contribution in [1.82, 2.24) is 0 Å². The molecule has 0 aliphatic rings. The van der Waals surface area contributed by atoms with E-state index in [2.05, 4.69) is 0 Å². The molecular formula is C13H16O3. The van der Waals surface area contributed by atoms with Gasteiger partial charge >= 0.3 is 5.97 Å². The molecule has 86 valence electrons. The Morgan fingerprint density at radius 2 is 1.94 bits per heavy atom. The maximum atomic E-state index is 11.5. The average molecular weight is 220 g/mol. The van der Waals surface area contributed by atoms with Crippen LogP contribution < -0.4 is 4.74 Å². The van der Waals surface area contributed by atoms with Crippen molar-refractivity contribution < 1.29 is 14.3 Å². The second-order valence-electron chi connectivity index (χ2n) is 3.11. The van der Waals surface area contributed by atoms with E-state index in [1.165, 1.54) is 0 Å². The van der Waals surface area contributed by atoms with Gasteiger partial charge in [-0.1, -0.05) is 25.1 Å². The minimum Gasteiger partial charge on any atom is -0.460 e. The summed E-state index contributed by atoms with van der Waals surface area (Å²) in [5, 5.41) is 0. The highest BCUT2D eigenvalue weighted by atomic mass is 16.6. The van der Waals surface area contributed by atoms with Gasteiger partial charge < -0.3 is 9.47 Å². The van der Waals surface area contributed by atoms with E-state index in [9.17, 15) is 4.79 Å². The Morgan fingerprint density at radius 1 is 1.25 bits per heavy atom. The topological polar surface area (TPSA) is 35.5 Å². The lowest BCUT2D eigenvalue weighted by atomic mass is 10.3. The second-order valence-corrected chi connectivity index (χ2v) is 3.11. The van der Waals surface area contributed by atoms with Crippen molar-refractivity contribution in [2.45, 2.75) is 20.3 Å². The largest absolute Gasteiger partial charge is 0.460 e. The number of hydrogen-bond donors (Lipinski definition) is 0. The van der Waals surface area contributed by atoms with Gasteiger partial charge in [-0.05, 0) is 31.6 Å². The number of esters is 1. The van der Waals surface area contributed by atoms with Crippen LogP contribution in [0.25, 0.3) is 0 Å². The first-order valence-electron chi connectivity index (χ1n) is 5.38. The Bertz CT molecular complexity index is 355. The summed E-state index contributed by atoms with van der Waals surface area (Å²) in [5.41, 5.74) is 0. The lowest BCUT2D eigenvalue weighted by molar-refractivity contribution is -0.141. The highest BCUT2D eigenvalue weighted by Gasteiger charge is 2.12. The smallest absolute Gasteiger partial charge is 0.373 e. The molecule has 0 aliphatic heterocycles.